The summed E-state index contributed by atoms with van der Waals surface area (Å²) in [5.41, 5.74) is 10.1. The number of hydrogen-bond acceptors (Lipinski definition) is 4. The molecule has 2 heterocycles. The van der Waals surface area contributed by atoms with Crippen LogP contribution in [-0.2, 0) is 6.42 Å². The number of anilines is 1. The number of nitrogen functional groups attached to an aromatic ring is 1. The van der Waals surface area contributed by atoms with Gasteiger partial charge in [-0.15, -0.1) is 0 Å². The molecule has 1 aliphatic rings. The van der Waals surface area contributed by atoms with Crippen molar-refractivity contribution in [2.24, 2.45) is 0 Å². The lowest BCUT2D eigenvalue weighted by Gasteiger charge is -2.33. The van der Waals surface area contributed by atoms with Gasteiger partial charge in [0.2, 0.25) is 5.95 Å². The molecule has 2 N–H and O–H groups in total. The van der Waals surface area contributed by atoms with E-state index in [1.807, 2.05) is 0 Å². The number of likely N-dealkylation sites (tertiary alicyclic amines) is 1. The van der Waals surface area contributed by atoms with Gasteiger partial charge in [-0.1, -0.05) is 42.5 Å². The number of nitrogens with two attached hydrogens (primary N) is 1. The fourth-order valence-corrected chi connectivity index (χ4v) is 3.99. The summed E-state index contributed by atoms with van der Waals surface area (Å²) < 4.78 is 13.3. The zero-order valence-corrected chi connectivity index (χ0v) is 15.9. The third-order valence-electron chi connectivity index (χ3n) is 5.44. The quantitative estimate of drug-likeness (QED) is 0.722. The Morgan fingerprint density at radius 1 is 1.07 bits per heavy atom. The van der Waals surface area contributed by atoms with Crippen LogP contribution >= 0.6 is 0 Å². The van der Waals surface area contributed by atoms with E-state index in [1.54, 1.807) is 18.3 Å². The zero-order chi connectivity index (χ0) is 19.3. The van der Waals surface area contributed by atoms with Crippen molar-refractivity contribution in [2.45, 2.75) is 25.2 Å². The Balaban J connectivity index is 1.53. The van der Waals surface area contributed by atoms with Gasteiger partial charge < -0.3 is 10.6 Å². The van der Waals surface area contributed by atoms with Gasteiger partial charge in [0.05, 0.1) is 5.69 Å². The first kappa shape index (κ1) is 18.6. The Labute approximate surface area is 165 Å². The molecule has 28 heavy (non-hydrogen) atoms. The van der Waals surface area contributed by atoms with Crippen LogP contribution in [0.2, 0.25) is 0 Å². The summed E-state index contributed by atoms with van der Waals surface area (Å²) in [4.78, 5) is 11.3. The molecule has 5 heteroatoms. The van der Waals surface area contributed by atoms with Crippen LogP contribution in [0.3, 0.4) is 0 Å². The van der Waals surface area contributed by atoms with Crippen LogP contribution in [0.1, 0.15) is 30.0 Å². The molecular weight excluding hydrogens is 351 g/mol. The summed E-state index contributed by atoms with van der Waals surface area (Å²) in [6.07, 6.45) is 5.02. The third-order valence-corrected chi connectivity index (χ3v) is 5.44. The van der Waals surface area contributed by atoms with Gasteiger partial charge in [0, 0.05) is 30.8 Å². The van der Waals surface area contributed by atoms with E-state index < -0.39 is 0 Å². The highest BCUT2D eigenvalue weighted by Crippen LogP contribution is 2.33. The van der Waals surface area contributed by atoms with Gasteiger partial charge in [0.25, 0.3) is 0 Å². The van der Waals surface area contributed by atoms with Crippen LogP contribution in [0.15, 0.2) is 60.8 Å². The second-order valence-electron chi connectivity index (χ2n) is 7.41. The van der Waals surface area contributed by atoms with E-state index in [-0.39, 0.29) is 5.82 Å². The Kier molecular flexibility index (Phi) is 5.63. The van der Waals surface area contributed by atoms with Crippen molar-refractivity contribution in [3.63, 3.8) is 0 Å². The first-order valence-corrected chi connectivity index (χ1v) is 9.83. The first-order valence-electron chi connectivity index (χ1n) is 9.83. The molecule has 0 amide bonds. The van der Waals surface area contributed by atoms with Gasteiger partial charge >= 0.3 is 0 Å². The van der Waals surface area contributed by atoms with E-state index in [0.29, 0.717) is 11.9 Å². The van der Waals surface area contributed by atoms with E-state index in [1.165, 1.54) is 17.7 Å². The van der Waals surface area contributed by atoms with E-state index in [0.717, 1.165) is 55.7 Å². The lowest BCUT2D eigenvalue weighted by Crippen LogP contribution is -2.36. The summed E-state index contributed by atoms with van der Waals surface area (Å²) >= 11 is 0. The highest BCUT2D eigenvalue weighted by molar-refractivity contribution is 5.66. The van der Waals surface area contributed by atoms with E-state index >= 15 is 0 Å². The number of halogens is 1. The van der Waals surface area contributed by atoms with Crippen molar-refractivity contribution in [1.82, 2.24) is 14.9 Å². The van der Waals surface area contributed by atoms with Crippen LogP contribution in [0.25, 0.3) is 11.1 Å². The van der Waals surface area contributed by atoms with Crippen molar-refractivity contribution in [2.75, 3.05) is 25.4 Å². The van der Waals surface area contributed by atoms with Crippen LogP contribution in [-0.4, -0.2) is 34.5 Å². The Hall–Kier alpha value is -2.79. The standard InChI is InChI=1S/C23H25FN4/c24-20-10-8-18(9-11-20)21-15-26-23(25)27-22(21)19-7-4-13-28(16-19)14-12-17-5-2-1-3-6-17/h1-3,5-6,8-11,15,19H,4,7,12-14,16H2,(H2,25,26,27)/t19-/m0/s1. The maximum absolute atomic E-state index is 13.3. The molecule has 0 unspecified atom stereocenters. The minimum atomic E-state index is -0.244. The molecule has 4 nitrogen and oxygen atoms in total. The van der Waals surface area contributed by atoms with Crippen molar-refractivity contribution in [3.8, 4) is 11.1 Å². The van der Waals surface area contributed by atoms with Crippen molar-refractivity contribution >= 4 is 5.95 Å². The normalized spacial score (nSPS) is 17.5. The predicted molar refractivity (Wildman–Crippen MR) is 110 cm³/mol. The van der Waals surface area contributed by atoms with Crippen LogP contribution < -0.4 is 5.73 Å². The number of hydrogen-bond donors (Lipinski definition) is 1. The number of benzene rings is 2. The molecule has 1 atom stereocenters. The molecule has 144 valence electrons. The minimum absolute atomic E-state index is 0.244. The monoisotopic (exact) mass is 376 g/mol. The van der Waals surface area contributed by atoms with Crippen molar-refractivity contribution < 1.29 is 4.39 Å². The van der Waals surface area contributed by atoms with Crippen molar-refractivity contribution in [3.05, 3.63) is 77.9 Å². The molecule has 1 aliphatic heterocycles. The molecule has 1 saturated heterocycles. The summed E-state index contributed by atoms with van der Waals surface area (Å²) in [5, 5.41) is 0. The fraction of sp³-hybridized carbons (Fsp3) is 0.304. The maximum atomic E-state index is 13.3. The molecule has 4 rings (SSSR count). The highest BCUT2D eigenvalue weighted by Gasteiger charge is 2.25. The number of aromatic nitrogens is 2. The van der Waals surface area contributed by atoms with E-state index in [9.17, 15) is 4.39 Å². The molecule has 0 bridgehead atoms. The number of nitrogens with zero attached hydrogens (tertiary/aromatic N) is 3. The number of rotatable bonds is 5. The molecule has 1 aromatic heterocycles. The van der Waals surface area contributed by atoms with E-state index in [4.69, 9.17) is 5.73 Å². The van der Waals surface area contributed by atoms with Crippen molar-refractivity contribution in [1.29, 1.82) is 0 Å². The summed E-state index contributed by atoms with van der Waals surface area (Å²) in [6.45, 7) is 3.10. The summed E-state index contributed by atoms with van der Waals surface area (Å²) in [7, 11) is 0. The smallest absolute Gasteiger partial charge is 0.220 e. The molecule has 2 aromatic carbocycles. The maximum Gasteiger partial charge on any atom is 0.220 e. The molecule has 0 spiro atoms. The Bertz CT molecular complexity index is 912. The Morgan fingerprint density at radius 3 is 2.64 bits per heavy atom. The molecule has 1 fully saturated rings. The molecule has 0 aliphatic carbocycles. The average Bonchev–Trinajstić information content (AvgIpc) is 2.74. The van der Waals surface area contributed by atoms with Crippen LogP contribution in [0, 0.1) is 5.82 Å². The van der Waals surface area contributed by atoms with Gasteiger partial charge in [0.15, 0.2) is 0 Å². The Morgan fingerprint density at radius 2 is 1.86 bits per heavy atom. The molecular formula is C23H25FN4. The topological polar surface area (TPSA) is 55.0 Å². The molecule has 0 saturated carbocycles. The molecule has 3 aromatic rings. The molecule has 0 radical (unpaired) electrons. The fourth-order valence-electron chi connectivity index (χ4n) is 3.99. The van der Waals surface area contributed by atoms with Crippen LogP contribution in [0.4, 0.5) is 10.3 Å². The van der Waals surface area contributed by atoms with Gasteiger partial charge in [0.1, 0.15) is 5.82 Å². The van der Waals surface area contributed by atoms with Gasteiger partial charge in [-0.3, -0.25) is 0 Å². The largest absolute Gasteiger partial charge is 0.368 e. The lowest BCUT2D eigenvalue weighted by atomic mass is 9.89. The SMILES string of the molecule is Nc1ncc(-c2ccc(F)cc2)c([C@H]2CCCN(CCc3ccccc3)C2)n1. The summed E-state index contributed by atoms with van der Waals surface area (Å²) in [5.74, 6) is 0.351. The zero-order valence-electron chi connectivity index (χ0n) is 15.9. The average molecular weight is 376 g/mol. The predicted octanol–water partition coefficient (Wildman–Crippen LogP) is 4.29. The number of piperidine rings is 1. The van der Waals surface area contributed by atoms with Gasteiger partial charge in [-0.25, -0.2) is 14.4 Å². The second kappa shape index (κ2) is 8.48. The van der Waals surface area contributed by atoms with Gasteiger partial charge in [-0.05, 0) is 49.1 Å². The van der Waals surface area contributed by atoms with Crippen LogP contribution in [0.5, 0.6) is 0 Å². The minimum Gasteiger partial charge on any atom is -0.368 e. The second-order valence-corrected chi connectivity index (χ2v) is 7.41. The van der Waals surface area contributed by atoms with Gasteiger partial charge in [-0.2, -0.15) is 0 Å². The lowest BCUT2D eigenvalue weighted by molar-refractivity contribution is 0.208. The highest BCUT2D eigenvalue weighted by atomic mass is 19.1. The third kappa shape index (κ3) is 4.37. The van der Waals surface area contributed by atoms with E-state index in [2.05, 4.69) is 45.2 Å². The summed E-state index contributed by atoms with van der Waals surface area (Å²) in [6, 6.07) is 17.1. The first-order chi connectivity index (χ1) is 13.7.